The number of fused-ring (bicyclic) bond motifs is 3. The molecule has 0 bridgehead atoms. The van der Waals surface area contributed by atoms with E-state index in [4.69, 9.17) is 4.74 Å². The van der Waals surface area contributed by atoms with E-state index in [1.807, 2.05) is 76.2 Å². The minimum Gasteiger partial charge on any atom is -0.462 e. The molecule has 0 saturated carbocycles. The highest BCUT2D eigenvalue weighted by atomic mass is 16.5. The Morgan fingerprint density at radius 2 is 1.79 bits per heavy atom. The summed E-state index contributed by atoms with van der Waals surface area (Å²) in [4.78, 5) is 33.8. The summed E-state index contributed by atoms with van der Waals surface area (Å²) < 4.78 is 5.37. The Kier molecular flexibility index (Phi) is 6.02. The van der Waals surface area contributed by atoms with Crippen molar-refractivity contribution in [2.24, 2.45) is 0 Å². The largest absolute Gasteiger partial charge is 0.462 e. The summed E-state index contributed by atoms with van der Waals surface area (Å²) >= 11 is 0. The van der Waals surface area contributed by atoms with E-state index in [0.29, 0.717) is 18.5 Å². The first-order chi connectivity index (χ1) is 15.7. The normalized spacial score (nSPS) is 13.8. The van der Waals surface area contributed by atoms with Gasteiger partial charge < -0.3 is 9.72 Å². The van der Waals surface area contributed by atoms with Gasteiger partial charge in [0.25, 0.3) is 0 Å². The van der Waals surface area contributed by atoms with Crippen LogP contribution in [0, 0.1) is 6.92 Å². The number of anilines is 1. The maximum Gasteiger partial charge on any atom is 0.341 e. The Bertz CT molecular complexity index is 1230. The van der Waals surface area contributed by atoms with E-state index < -0.39 is 11.5 Å². The fourth-order valence-corrected chi connectivity index (χ4v) is 4.42. The van der Waals surface area contributed by atoms with E-state index in [1.165, 1.54) is 0 Å². The smallest absolute Gasteiger partial charge is 0.341 e. The predicted molar refractivity (Wildman–Crippen MR) is 132 cm³/mol. The maximum atomic E-state index is 14.0. The molecular weight excluding hydrogens is 414 g/mol. The molecule has 0 saturated heterocycles. The number of hydrogen-bond acceptors (Lipinski definition) is 3. The van der Waals surface area contributed by atoms with Gasteiger partial charge in [0.15, 0.2) is 0 Å². The van der Waals surface area contributed by atoms with Crippen molar-refractivity contribution in [1.82, 2.24) is 9.88 Å². The van der Waals surface area contributed by atoms with Crippen LogP contribution in [0.2, 0.25) is 0 Å². The number of hydrogen-bond donors (Lipinski definition) is 1. The summed E-state index contributed by atoms with van der Waals surface area (Å²) in [6.45, 7) is 10.5. The fraction of sp³-hybridized carbons (Fsp3) is 0.333. The van der Waals surface area contributed by atoms with Crippen LogP contribution >= 0.6 is 0 Å². The van der Waals surface area contributed by atoms with E-state index in [-0.39, 0.29) is 12.6 Å². The first-order valence-corrected chi connectivity index (χ1v) is 11.4. The number of aromatic amines is 1. The van der Waals surface area contributed by atoms with E-state index in [0.717, 1.165) is 33.4 Å². The summed E-state index contributed by atoms with van der Waals surface area (Å²) in [5.41, 5.74) is 4.49. The maximum absolute atomic E-state index is 14.0. The van der Waals surface area contributed by atoms with Gasteiger partial charge in [-0.3, -0.25) is 9.80 Å². The summed E-state index contributed by atoms with van der Waals surface area (Å²) in [7, 11) is 0. The van der Waals surface area contributed by atoms with Crippen LogP contribution in [0.15, 0.2) is 54.7 Å². The number of ether oxygens (including phenoxy) is 1. The number of para-hydroxylation sites is 2. The first-order valence-electron chi connectivity index (χ1n) is 11.4. The number of rotatable bonds is 3. The molecule has 0 fully saturated rings. The van der Waals surface area contributed by atoms with E-state index in [9.17, 15) is 9.59 Å². The van der Waals surface area contributed by atoms with Crippen LogP contribution in [0.1, 0.15) is 44.5 Å². The van der Waals surface area contributed by atoms with Gasteiger partial charge in [0, 0.05) is 34.9 Å². The van der Waals surface area contributed by atoms with Crippen molar-refractivity contribution < 1.29 is 14.3 Å². The molecule has 1 aliphatic rings. The lowest BCUT2D eigenvalue weighted by molar-refractivity contribution is -0.136. The number of carbonyl (C=O) groups excluding carboxylic acids is 2. The van der Waals surface area contributed by atoms with Crippen molar-refractivity contribution in [3.8, 4) is 0 Å². The average molecular weight is 446 g/mol. The number of H-pyrrole nitrogens is 1. The molecule has 2 heterocycles. The zero-order valence-electron chi connectivity index (χ0n) is 19.9. The average Bonchev–Trinajstić information content (AvgIpc) is 3.01. The quantitative estimate of drug-likeness (QED) is 0.529. The molecule has 6 heteroatoms. The molecule has 0 unspecified atom stereocenters. The molecule has 0 spiro atoms. The number of nitrogens with one attached hydrogen (secondary N) is 1. The van der Waals surface area contributed by atoms with Crippen molar-refractivity contribution in [3.63, 3.8) is 0 Å². The second-order valence-electron chi connectivity index (χ2n) is 9.31. The molecule has 2 amide bonds. The number of nitrogens with zero attached hydrogens (tertiary/aromatic N) is 2. The molecule has 6 nitrogen and oxygen atoms in total. The number of urea groups is 1. The number of amides is 2. The minimum absolute atomic E-state index is 0.173. The lowest BCUT2D eigenvalue weighted by atomic mass is 10.0. The number of aryl methyl sites for hydroxylation is 1. The summed E-state index contributed by atoms with van der Waals surface area (Å²) in [6.07, 6.45) is 2.27. The monoisotopic (exact) mass is 445 g/mol. The van der Waals surface area contributed by atoms with Gasteiger partial charge in [0.05, 0.1) is 17.9 Å². The minimum atomic E-state index is -0.464. The van der Waals surface area contributed by atoms with Gasteiger partial charge in [-0.25, -0.2) is 9.59 Å². The molecule has 33 heavy (non-hydrogen) atoms. The van der Waals surface area contributed by atoms with Gasteiger partial charge in [-0.2, -0.15) is 0 Å². The van der Waals surface area contributed by atoms with Gasteiger partial charge in [0.2, 0.25) is 0 Å². The van der Waals surface area contributed by atoms with Crippen molar-refractivity contribution in [2.45, 2.75) is 46.6 Å². The summed E-state index contributed by atoms with van der Waals surface area (Å²) in [5.74, 6) is -0.441. The van der Waals surface area contributed by atoms with Gasteiger partial charge in [-0.15, -0.1) is 0 Å². The molecule has 172 valence electrons. The van der Waals surface area contributed by atoms with Gasteiger partial charge in [-0.05, 0) is 64.3 Å². The number of aromatic nitrogens is 1. The Morgan fingerprint density at radius 1 is 1.09 bits per heavy atom. The second kappa shape index (κ2) is 8.77. The van der Waals surface area contributed by atoms with Crippen molar-refractivity contribution in [3.05, 3.63) is 71.6 Å². The summed E-state index contributed by atoms with van der Waals surface area (Å²) in [6, 6.07) is 15.7. The SMILES string of the molecule is CCOC(=O)C1=CN(C(=O)N(c2ccccc2C)C(C)(C)C)CCc2c1[nH]c1ccccc21. The molecule has 1 aliphatic heterocycles. The summed E-state index contributed by atoms with van der Waals surface area (Å²) in [5, 5.41) is 1.06. The Hall–Kier alpha value is -3.54. The molecular formula is C27H31N3O3. The lowest BCUT2D eigenvalue weighted by Crippen LogP contribution is -2.51. The van der Waals surface area contributed by atoms with Crippen molar-refractivity contribution >= 4 is 34.2 Å². The molecule has 4 rings (SSSR count). The number of benzene rings is 2. The molecule has 2 aromatic carbocycles. The topological polar surface area (TPSA) is 65.6 Å². The molecule has 1 aromatic heterocycles. The zero-order chi connectivity index (χ0) is 23.8. The second-order valence-corrected chi connectivity index (χ2v) is 9.31. The zero-order valence-corrected chi connectivity index (χ0v) is 19.9. The van der Waals surface area contributed by atoms with Gasteiger partial charge in [0.1, 0.15) is 0 Å². The van der Waals surface area contributed by atoms with Crippen LogP contribution < -0.4 is 4.90 Å². The molecule has 3 aromatic rings. The van der Waals surface area contributed by atoms with Crippen LogP contribution in [0.4, 0.5) is 10.5 Å². The third-order valence-electron chi connectivity index (χ3n) is 5.93. The van der Waals surface area contributed by atoms with E-state index >= 15 is 0 Å². The Morgan fingerprint density at radius 3 is 2.48 bits per heavy atom. The highest BCUT2D eigenvalue weighted by molar-refractivity contribution is 6.18. The third-order valence-corrected chi connectivity index (χ3v) is 5.93. The van der Waals surface area contributed by atoms with Crippen LogP contribution in [0.5, 0.6) is 0 Å². The van der Waals surface area contributed by atoms with E-state index in [2.05, 4.69) is 4.98 Å². The van der Waals surface area contributed by atoms with E-state index in [1.54, 1.807) is 22.9 Å². The fourth-order valence-electron chi connectivity index (χ4n) is 4.42. The molecule has 0 aliphatic carbocycles. The predicted octanol–water partition coefficient (Wildman–Crippen LogP) is 5.66. The Balaban J connectivity index is 1.81. The molecule has 0 atom stereocenters. The van der Waals surface area contributed by atoms with Crippen LogP contribution in [-0.4, -0.2) is 40.6 Å². The highest BCUT2D eigenvalue weighted by Crippen LogP contribution is 2.33. The Labute approximate surface area is 194 Å². The number of esters is 1. The number of carbonyl (C=O) groups is 2. The van der Waals surface area contributed by atoms with Crippen molar-refractivity contribution in [1.29, 1.82) is 0 Å². The third kappa shape index (κ3) is 4.25. The van der Waals surface area contributed by atoms with Crippen molar-refractivity contribution in [2.75, 3.05) is 18.1 Å². The van der Waals surface area contributed by atoms with Gasteiger partial charge >= 0.3 is 12.0 Å². The lowest BCUT2D eigenvalue weighted by Gasteiger charge is -2.39. The highest BCUT2D eigenvalue weighted by Gasteiger charge is 2.34. The van der Waals surface area contributed by atoms with Crippen LogP contribution in [-0.2, 0) is 16.0 Å². The van der Waals surface area contributed by atoms with Gasteiger partial charge in [-0.1, -0.05) is 36.4 Å². The standard InChI is InChI=1S/C27H31N3O3/c1-6-33-25(31)21-17-29(16-15-20-19-12-8-9-13-22(19)28-24(20)21)26(32)30(27(3,4)5)23-14-10-7-11-18(23)2/h7-14,17,28H,6,15-16H2,1-5H3. The van der Waals surface area contributed by atoms with Crippen LogP contribution in [0.3, 0.4) is 0 Å². The van der Waals surface area contributed by atoms with Crippen LogP contribution in [0.25, 0.3) is 16.5 Å². The molecule has 0 radical (unpaired) electrons. The molecule has 1 N–H and O–H groups in total. The first kappa shape index (κ1) is 22.6.